The number of rotatable bonds is 6. The molecule has 0 saturated carbocycles. The van der Waals surface area contributed by atoms with Crippen LogP contribution in [0, 0.1) is 0 Å². The molecule has 3 nitrogen and oxygen atoms in total. The van der Waals surface area contributed by atoms with Gasteiger partial charge in [-0.15, -0.1) is 0 Å². The topological polar surface area (TPSA) is 40.5 Å². The van der Waals surface area contributed by atoms with Crippen molar-refractivity contribution in [3.05, 3.63) is 68.7 Å². The number of halogens is 2. The Balaban J connectivity index is 2.04. The molecule has 0 aliphatic heterocycles. The van der Waals surface area contributed by atoms with Crippen molar-refractivity contribution in [2.45, 2.75) is 38.1 Å². The van der Waals surface area contributed by atoms with E-state index in [0.29, 0.717) is 23.0 Å². The number of carbonyl (C=O) groups is 1. The Labute approximate surface area is 170 Å². The molecule has 3 rings (SSSR count). The van der Waals surface area contributed by atoms with E-state index >= 15 is 0 Å². The molecule has 2 aromatic carbocycles. The Hall–Kier alpha value is -1.39. The fourth-order valence-electron chi connectivity index (χ4n) is 4.11. The summed E-state index contributed by atoms with van der Waals surface area (Å²) in [6.45, 7) is 2.37. The second kappa shape index (κ2) is 8.74. The third kappa shape index (κ3) is 4.55. The molecule has 0 aromatic heterocycles. The van der Waals surface area contributed by atoms with Crippen molar-refractivity contribution >= 4 is 29.0 Å². The van der Waals surface area contributed by atoms with Gasteiger partial charge in [0.05, 0.1) is 16.7 Å². The Morgan fingerprint density at radius 1 is 1.11 bits per heavy atom. The molecule has 0 spiro atoms. The van der Waals surface area contributed by atoms with E-state index < -0.39 is 0 Å². The lowest BCUT2D eigenvalue weighted by Gasteiger charge is -2.37. The zero-order chi connectivity index (χ0) is 19.6. The molecule has 0 unspecified atom stereocenters. The summed E-state index contributed by atoms with van der Waals surface area (Å²) in [5, 5.41) is 10.5. The Morgan fingerprint density at radius 3 is 2.56 bits per heavy atom. The van der Waals surface area contributed by atoms with Gasteiger partial charge in [0.15, 0.2) is 0 Å². The number of aliphatic hydroxyl groups is 1. The van der Waals surface area contributed by atoms with Gasteiger partial charge in [-0.3, -0.25) is 9.69 Å². The standard InChI is InChI=1S/C22H25Cl2NO2/c1-14(27)11-15-3-5-18-17(16-4-7-20(23)21(24)13-16)6-8-22(19(18)12-15)25(2)9-10-26/h3-5,7,12-13,17,22,26H,6,8-11H2,1-2H3/t17-,22-/m0/s1. The van der Waals surface area contributed by atoms with Crippen molar-refractivity contribution in [3.8, 4) is 0 Å². The highest BCUT2D eigenvalue weighted by molar-refractivity contribution is 6.42. The molecule has 0 fully saturated rings. The minimum atomic E-state index is 0.131. The predicted octanol–water partition coefficient (Wildman–Crippen LogP) is 5.02. The van der Waals surface area contributed by atoms with Gasteiger partial charge in [-0.05, 0) is 61.2 Å². The first-order chi connectivity index (χ1) is 12.9. The SMILES string of the molecule is CC(=O)Cc1ccc2c(c1)[C@@H](N(C)CCO)CC[C@H]2c1ccc(Cl)c(Cl)c1. The lowest BCUT2D eigenvalue weighted by Crippen LogP contribution is -2.31. The summed E-state index contributed by atoms with van der Waals surface area (Å²) >= 11 is 12.4. The number of likely N-dealkylation sites (N-methyl/N-ethyl adjacent to an activating group) is 1. The van der Waals surface area contributed by atoms with Crippen LogP contribution in [0.4, 0.5) is 0 Å². The van der Waals surface area contributed by atoms with Crippen LogP contribution in [0.25, 0.3) is 0 Å². The Bertz CT molecular complexity index is 837. The van der Waals surface area contributed by atoms with Crippen LogP contribution in [0.3, 0.4) is 0 Å². The van der Waals surface area contributed by atoms with Crippen molar-refractivity contribution in [2.75, 3.05) is 20.2 Å². The monoisotopic (exact) mass is 405 g/mol. The molecule has 27 heavy (non-hydrogen) atoms. The molecule has 0 saturated heterocycles. The van der Waals surface area contributed by atoms with E-state index in [2.05, 4.69) is 23.1 Å². The number of Topliss-reactive ketones (excluding diaryl/α,β-unsaturated/α-hetero) is 1. The second-order valence-electron chi connectivity index (χ2n) is 7.37. The zero-order valence-electron chi connectivity index (χ0n) is 15.7. The molecule has 1 aliphatic rings. The molecular formula is C22H25Cl2NO2. The van der Waals surface area contributed by atoms with Crippen LogP contribution < -0.4 is 0 Å². The number of hydrogen-bond acceptors (Lipinski definition) is 3. The highest BCUT2D eigenvalue weighted by Crippen LogP contribution is 2.44. The predicted molar refractivity (Wildman–Crippen MR) is 111 cm³/mol. The molecule has 0 bridgehead atoms. The number of aliphatic hydroxyl groups excluding tert-OH is 1. The summed E-state index contributed by atoms with van der Waals surface area (Å²) in [5.41, 5.74) is 4.71. The highest BCUT2D eigenvalue weighted by atomic mass is 35.5. The normalized spacial score (nSPS) is 19.2. The smallest absolute Gasteiger partial charge is 0.134 e. The lowest BCUT2D eigenvalue weighted by molar-refractivity contribution is -0.116. The summed E-state index contributed by atoms with van der Waals surface area (Å²) in [6.07, 6.45) is 2.43. The first-order valence-electron chi connectivity index (χ1n) is 9.29. The quantitative estimate of drug-likeness (QED) is 0.733. The van der Waals surface area contributed by atoms with Gasteiger partial charge < -0.3 is 5.11 Å². The largest absolute Gasteiger partial charge is 0.395 e. The minimum Gasteiger partial charge on any atom is -0.395 e. The number of ketones is 1. The zero-order valence-corrected chi connectivity index (χ0v) is 17.2. The van der Waals surface area contributed by atoms with Crippen LogP contribution in [0.15, 0.2) is 36.4 Å². The molecule has 0 radical (unpaired) electrons. The van der Waals surface area contributed by atoms with Crippen molar-refractivity contribution in [3.63, 3.8) is 0 Å². The van der Waals surface area contributed by atoms with Crippen LogP contribution in [0.2, 0.25) is 10.0 Å². The van der Waals surface area contributed by atoms with Crippen molar-refractivity contribution < 1.29 is 9.90 Å². The molecule has 144 valence electrons. The van der Waals surface area contributed by atoms with Gasteiger partial charge in [0, 0.05) is 24.9 Å². The van der Waals surface area contributed by atoms with Crippen LogP contribution in [-0.2, 0) is 11.2 Å². The van der Waals surface area contributed by atoms with Crippen molar-refractivity contribution in [1.29, 1.82) is 0 Å². The van der Waals surface area contributed by atoms with Crippen molar-refractivity contribution in [1.82, 2.24) is 4.90 Å². The highest BCUT2D eigenvalue weighted by Gasteiger charge is 2.30. The van der Waals surface area contributed by atoms with Crippen LogP contribution in [0.5, 0.6) is 0 Å². The molecule has 5 heteroatoms. The summed E-state index contributed by atoms with van der Waals surface area (Å²) in [6, 6.07) is 12.5. The summed E-state index contributed by atoms with van der Waals surface area (Å²) in [7, 11) is 2.04. The molecular weight excluding hydrogens is 381 g/mol. The second-order valence-corrected chi connectivity index (χ2v) is 8.18. The van der Waals surface area contributed by atoms with Gasteiger partial charge in [0.1, 0.15) is 5.78 Å². The number of nitrogens with zero attached hydrogens (tertiary/aromatic N) is 1. The lowest BCUT2D eigenvalue weighted by atomic mass is 9.75. The maximum absolute atomic E-state index is 11.6. The molecule has 0 amide bonds. The third-order valence-electron chi connectivity index (χ3n) is 5.40. The Kier molecular flexibility index (Phi) is 6.59. The summed E-state index contributed by atoms with van der Waals surface area (Å²) in [4.78, 5) is 13.8. The van der Waals surface area contributed by atoms with Crippen LogP contribution in [0.1, 0.15) is 54.0 Å². The number of fused-ring (bicyclic) bond motifs is 1. The fraction of sp³-hybridized carbons (Fsp3) is 0.409. The van der Waals surface area contributed by atoms with E-state index in [1.54, 1.807) is 6.92 Å². The maximum Gasteiger partial charge on any atom is 0.134 e. The van der Waals surface area contributed by atoms with Gasteiger partial charge >= 0.3 is 0 Å². The number of carbonyl (C=O) groups excluding carboxylic acids is 1. The van der Waals surface area contributed by atoms with E-state index in [-0.39, 0.29) is 24.3 Å². The maximum atomic E-state index is 11.6. The van der Waals surface area contributed by atoms with E-state index in [0.717, 1.165) is 24.0 Å². The first kappa shape index (κ1) is 20.3. The number of benzene rings is 2. The van der Waals surface area contributed by atoms with Crippen LogP contribution in [-0.4, -0.2) is 36.0 Å². The van der Waals surface area contributed by atoms with E-state index in [4.69, 9.17) is 23.2 Å². The average molecular weight is 406 g/mol. The number of hydrogen-bond donors (Lipinski definition) is 1. The minimum absolute atomic E-state index is 0.131. The van der Waals surface area contributed by atoms with Gasteiger partial charge in [0.25, 0.3) is 0 Å². The van der Waals surface area contributed by atoms with E-state index in [1.807, 2.05) is 25.2 Å². The Morgan fingerprint density at radius 2 is 1.89 bits per heavy atom. The van der Waals surface area contributed by atoms with E-state index in [9.17, 15) is 9.90 Å². The van der Waals surface area contributed by atoms with Crippen LogP contribution >= 0.6 is 23.2 Å². The van der Waals surface area contributed by atoms with Gasteiger partial charge in [-0.2, -0.15) is 0 Å². The van der Waals surface area contributed by atoms with Gasteiger partial charge in [-0.25, -0.2) is 0 Å². The van der Waals surface area contributed by atoms with Gasteiger partial charge in [0.2, 0.25) is 0 Å². The molecule has 1 aliphatic carbocycles. The molecule has 2 atom stereocenters. The van der Waals surface area contributed by atoms with Gasteiger partial charge in [-0.1, -0.05) is 47.5 Å². The molecule has 0 heterocycles. The first-order valence-corrected chi connectivity index (χ1v) is 10.0. The average Bonchev–Trinajstić information content (AvgIpc) is 2.62. The van der Waals surface area contributed by atoms with Crippen molar-refractivity contribution in [2.24, 2.45) is 0 Å². The fourth-order valence-corrected chi connectivity index (χ4v) is 4.42. The summed E-state index contributed by atoms with van der Waals surface area (Å²) < 4.78 is 0. The molecule has 2 aromatic rings. The summed E-state index contributed by atoms with van der Waals surface area (Å²) in [5.74, 6) is 0.409. The van der Waals surface area contributed by atoms with E-state index in [1.165, 1.54) is 11.1 Å². The molecule has 1 N–H and O–H groups in total. The third-order valence-corrected chi connectivity index (χ3v) is 6.14.